The summed E-state index contributed by atoms with van der Waals surface area (Å²) in [6.07, 6.45) is 3.58. The first-order chi connectivity index (χ1) is 15.4. The summed E-state index contributed by atoms with van der Waals surface area (Å²) in [5, 5.41) is 14.8. The second-order valence-corrected chi connectivity index (χ2v) is 6.02. The molecule has 0 spiro atoms. The smallest absolute Gasteiger partial charge is 0.300 e. The second kappa shape index (κ2) is 20.6. The Morgan fingerprint density at radius 3 is 1.18 bits per heavy atom. The molecule has 2 N–H and O–H groups in total. The van der Waals surface area contributed by atoms with E-state index in [0.29, 0.717) is 0 Å². The molecule has 6 nitrogen and oxygen atoms in total. The Kier molecular flexibility index (Phi) is 20.1. The number of carboxylic acid groups (broad SMARTS) is 2. The average Bonchev–Trinajstić information content (AvgIpc) is 2.81. The van der Waals surface area contributed by atoms with Gasteiger partial charge in [0.15, 0.2) is 0 Å². The number of rotatable bonds is 2. The second-order valence-electron chi connectivity index (χ2n) is 6.02. The third-order valence-electron chi connectivity index (χ3n) is 3.30. The van der Waals surface area contributed by atoms with E-state index in [0.717, 1.165) is 36.4 Å². The topological polar surface area (TPSA) is 100 Å². The Balaban J connectivity index is 0. The van der Waals surface area contributed by atoms with E-state index in [1.54, 1.807) is 12.4 Å². The summed E-state index contributed by atoms with van der Waals surface area (Å²) >= 11 is 0. The maximum Gasteiger partial charge on any atom is 0.300 e. The van der Waals surface area contributed by atoms with Crippen molar-refractivity contribution >= 4 is 11.9 Å². The van der Waals surface area contributed by atoms with Crippen molar-refractivity contribution in [1.82, 2.24) is 9.97 Å². The van der Waals surface area contributed by atoms with E-state index in [9.17, 15) is 0 Å². The molecule has 8 heteroatoms. The molecule has 34 heavy (non-hydrogen) atoms. The monoisotopic (exact) mass is 814 g/mol. The van der Waals surface area contributed by atoms with Crippen LogP contribution in [0.15, 0.2) is 97.3 Å². The first-order valence-electron chi connectivity index (χ1n) is 9.55. The van der Waals surface area contributed by atoms with Crippen LogP contribution in [-0.2, 0) is 49.8 Å². The number of pyridine rings is 2. The number of carboxylic acids is 2. The summed E-state index contributed by atoms with van der Waals surface area (Å²) in [6, 6.07) is 33.6. The maximum absolute atomic E-state index is 9.00. The number of carbonyl (C=O) groups is 2. The number of hydrogen-bond donors (Lipinski definition) is 2. The fourth-order valence-electron chi connectivity index (χ4n) is 2.15. The zero-order valence-electron chi connectivity index (χ0n) is 18.5. The van der Waals surface area contributed by atoms with Crippen LogP contribution in [0.4, 0.5) is 0 Å². The van der Waals surface area contributed by atoms with Crippen LogP contribution in [0, 0.1) is 12.1 Å². The van der Waals surface area contributed by atoms with Gasteiger partial charge in [-0.1, -0.05) is 24.3 Å². The van der Waals surface area contributed by atoms with Crippen LogP contribution < -0.4 is 0 Å². The Hall–Kier alpha value is -3.02. The van der Waals surface area contributed by atoms with Crippen molar-refractivity contribution in [3.8, 4) is 22.5 Å². The van der Waals surface area contributed by atoms with Crippen molar-refractivity contribution in [3.63, 3.8) is 0 Å². The van der Waals surface area contributed by atoms with Crippen molar-refractivity contribution in [3.05, 3.63) is 109 Å². The normalized spacial score (nSPS) is 8.29. The van der Waals surface area contributed by atoms with Crippen LogP contribution in [0.1, 0.15) is 13.8 Å². The van der Waals surface area contributed by atoms with Gasteiger partial charge in [0.25, 0.3) is 11.9 Å². The van der Waals surface area contributed by atoms with Gasteiger partial charge >= 0.3 is 0 Å². The Bertz CT molecular complexity index is 867. The first kappa shape index (κ1) is 33.2. The zero-order chi connectivity index (χ0) is 23.6. The van der Waals surface area contributed by atoms with Crippen LogP contribution in [0.2, 0.25) is 0 Å². The minimum Gasteiger partial charge on any atom is -0.481 e. The van der Waals surface area contributed by atoms with Gasteiger partial charge in [-0.25, -0.2) is 0 Å². The van der Waals surface area contributed by atoms with Gasteiger partial charge in [-0.15, -0.1) is 71.8 Å². The van der Waals surface area contributed by atoms with E-state index < -0.39 is 11.9 Å². The Morgan fingerprint density at radius 2 is 0.941 bits per heavy atom. The molecule has 0 aliphatic rings. The molecule has 4 rings (SSSR count). The van der Waals surface area contributed by atoms with E-state index >= 15 is 0 Å². The molecule has 0 unspecified atom stereocenters. The number of aromatic nitrogens is 2. The third-order valence-corrected chi connectivity index (χ3v) is 3.30. The third kappa shape index (κ3) is 16.6. The molecule has 0 bridgehead atoms. The van der Waals surface area contributed by atoms with Crippen molar-refractivity contribution in [2.24, 2.45) is 0 Å². The predicted octanol–water partition coefficient (Wildman–Crippen LogP) is 5.27. The first-order valence-corrected chi connectivity index (χ1v) is 9.55. The minimum atomic E-state index is -0.833. The molecule has 0 saturated carbocycles. The fourth-order valence-corrected chi connectivity index (χ4v) is 2.15. The van der Waals surface area contributed by atoms with Gasteiger partial charge in [0.05, 0.1) is 0 Å². The minimum absolute atomic E-state index is 0. The number of nitrogens with zero attached hydrogens (tertiary/aromatic N) is 2. The van der Waals surface area contributed by atoms with Gasteiger partial charge in [0.2, 0.25) is 0 Å². The SMILES string of the molecule is CC(=O)O.CC(=O)O.[Ir].[Ir].[c-]1ccccc1-c1ccccn1.[c-]1ccccc1-c1ccccn1. The zero-order valence-corrected chi connectivity index (χ0v) is 23.3. The molecule has 2 aromatic carbocycles. The van der Waals surface area contributed by atoms with Crippen LogP contribution in [0.5, 0.6) is 0 Å². The average molecular weight is 813 g/mol. The van der Waals surface area contributed by atoms with Crippen LogP contribution >= 0.6 is 0 Å². The summed E-state index contributed by atoms with van der Waals surface area (Å²) < 4.78 is 0. The molecule has 0 aliphatic carbocycles. The van der Waals surface area contributed by atoms with E-state index in [1.807, 2.05) is 84.9 Å². The standard InChI is InChI=1S/2C11H8N.2C2H4O2.2Ir/c2*1-2-6-10(7-3-1)11-8-4-5-9-12-11;2*1-2(3)4;;/h2*1-6,8-9H;2*1H3,(H,3,4);;/q2*-1;;;;. The van der Waals surface area contributed by atoms with Gasteiger partial charge < -0.3 is 20.2 Å². The molecule has 182 valence electrons. The maximum atomic E-state index is 9.00. The summed E-state index contributed by atoms with van der Waals surface area (Å²) in [6.45, 7) is 2.17. The molecule has 0 aliphatic heterocycles. The molecule has 2 radical (unpaired) electrons. The van der Waals surface area contributed by atoms with Crippen molar-refractivity contribution in [2.75, 3.05) is 0 Å². The molecule has 2 heterocycles. The van der Waals surface area contributed by atoms with E-state index in [-0.39, 0.29) is 40.2 Å². The summed E-state index contributed by atoms with van der Waals surface area (Å²) in [5.74, 6) is -1.67. The number of benzene rings is 2. The van der Waals surface area contributed by atoms with Crippen molar-refractivity contribution < 1.29 is 60.0 Å². The molecule has 0 saturated heterocycles. The molecule has 0 amide bonds. The van der Waals surface area contributed by atoms with Crippen LogP contribution in [0.3, 0.4) is 0 Å². The summed E-state index contributed by atoms with van der Waals surface area (Å²) in [5.41, 5.74) is 4.02. The largest absolute Gasteiger partial charge is 0.481 e. The van der Waals surface area contributed by atoms with Gasteiger partial charge in [0.1, 0.15) is 0 Å². The molecule has 2 aromatic heterocycles. The van der Waals surface area contributed by atoms with Gasteiger partial charge in [0, 0.05) is 66.5 Å². The van der Waals surface area contributed by atoms with E-state index in [1.165, 1.54) is 0 Å². The van der Waals surface area contributed by atoms with E-state index in [4.69, 9.17) is 19.8 Å². The molecule has 0 atom stereocenters. The predicted molar refractivity (Wildman–Crippen MR) is 124 cm³/mol. The number of hydrogen-bond acceptors (Lipinski definition) is 4. The molecule has 4 aromatic rings. The van der Waals surface area contributed by atoms with E-state index in [2.05, 4.69) is 22.1 Å². The number of aliphatic carboxylic acids is 2. The molecular formula is C26H24Ir2N2O4-2. The fraction of sp³-hybridized carbons (Fsp3) is 0.0769. The molecule has 0 fully saturated rings. The van der Waals surface area contributed by atoms with Gasteiger partial charge in [-0.2, -0.15) is 0 Å². The summed E-state index contributed by atoms with van der Waals surface area (Å²) in [7, 11) is 0. The molecular weight excluding hydrogens is 789 g/mol. The summed E-state index contributed by atoms with van der Waals surface area (Å²) in [4.78, 5) is 26.4. The van der Waals surface area contributed by atoms with Crippen LogP contribution in [0.25, 0.3) is 22.5 Å². The van der Waals surface area contributed by atoms with Gasteiger partial charge in [-0.05, 0) is 23.5 Å². The Labute approximate surface area is 226 Å². The van der Waals surface area contributed by atoms with Crippen molar-refractivity contribution in [2.45, 2.75) is 13.8 Å². The van der Waals surface area contributed by atoms with Crippen LogP contribution in [-0.4, -0.2) is 32.1 Å². The van der Waals surface area contributed by atoms with Crippen molar-refractivity contribution in [1.29, 1.82) is 0 Å². The quantitative estimate of drug-likeness (QED) is 0.268. The Morgan fingerprint density at radius 1 is 0.618 bits per heavy atom. The van der Waals surface area contributed by atoms with Gasteiger partial charge in [-0.3, -0.25) is 9.59 Å².